The number of aryl methyl sites for hydroxylation is 1. The second-order valence-corrected chi connectivity index (χ2v) is 4.69. The molecule has 0 saturated heterocycles. The van der Waals surface area contributed by atoms with Crippen LogP contribution in [0.3, 0.4) is 0 Å². The molecule has 1 aromatic carbocycles. The third-order valence-corrected chi connectivity index (χ3v) is 3.25. The van der Waals surface area contributed by atoms with Crippen LogP contribution in [0.15, 0.2) is 30.5 Å². The van der Waals surface area contributed by atoms with Gasteiger partial charge in [0.15, 0.2) is 5.65 Å². The van der Waals surface area contributed by atoms with Gasteiger partial charge in [0, 0.05) is 11.2 Å². The van der Waals surface area contributed by atoms with Crippen LogP contribution in [0.1, 0.15) is 5.56 Å². The number of rotatable bonds is 2. The van der Waals surface area contributed by atoms with Crippen molar-refractivity contribution in [2.45, 2.75) is 6.92 Å². The zero-order valence-corrected chi connectivity index (χ0v) is 11.3. The summed E-state index contributed by atoms with van der Waals surface area (Å²) in [4.78, 5) is 12.0. The molecule has 4 nitrogen and oxygen atoms in total. The van der Waals surface area contributed by atoms with Crippen LogP contribution < -0.4 is 4.74 Å². The van der Waals surface area contributed by atoms with Crippen LogP contribution in [-0.2, 0) is 0 Å². The number of aromatic nitrogens is 3. The zero-order valence-electron chi connectivity index (χ0n) is 10.6. The molecular formula is C14H12ClN3O. The number of ether oxygens (including phenoxy) is 1. The van der Waals surface area contributed by atoms with E-state index in [2.05, 4.69) is 15.0 Å². The van der Waals surface area contributed by atoms with Crippen LogP contribution in [0.4, 0.5) is 0 Å². The molecule has 0 atom stereocenters. The summed E-state index contributed by atoms with van der Waals surface area (Å²) in [5.74, 6) is 1.43. The summed E-state index contributed by atoms with van der Waals surface area (Å²) in [5, 5.41) is 0.640. The molecule has 2 aromatic heterocycles. The highest BCUT2D eigenvalue weighted by atomic mass is 35.5. The molecule has 5 heteroatoms. The molecular weight excluding hydrogens is 262 g/mol. The molecule has 0 saturated carbocycles. The van der Waals surface area contributed by atoms with Gasteiger partial charge in [-0.05, 0) is 36.8 Å². The van der Waals surface area contributed by atoms with Crippen molar-refractivity contribution >= 4 is 22.8 Å². The van der Waals surface area contributed by atoms with Gasteiger partial charge in [-0.25, -0.2) is 9.97 Å². The van der Waals surface area contributed by atoms with Crippen molar-refractivity contribution in [3.05, 3.63) is 41.0 Å². The normalized spacial score (nSPS) is 10.9. The number of nitrogens with one attached hydrogen (secondary N) is 1. The van der Waals surface area contributed by atoms with Gasteiger partial charge in [0.1, 0.15) is 11.6 Å². The first-order chi connectivity index (χ1) is 9.19. The lowest BCUT2D eigenvalue weighted by Crippen LogP contribution is -1.89. The van der Waals surface area contributed by atoms with E-state index in [0.717, 1.165) is 22.4 Å². The third-order valence-electron chi connectivity index (χ3n) is 3.02. The Morgan fingerprint density at radius 1 is 1.26 bits per heavy atom. The summed E-state index contributed by atoms with van der Waals surface area (Å²) in [7, 11) is 1.62. The fourth-order valence-corrected chi connectivity index (χ4v) is 2.20. The number of methoxy groups -OCH3 is 1. The van der Waals surface area contributed by atoms with Gasteiger partial charge in [0.2, 0.25) is 0 Å². The van der Waals surface area contributed by atoms with Gasteiger partial charge in [0.25, 0.3) is 0 Å². The number of imidazole rings is 1. The molecule has 3 aromatic rings. The van der Waals surface area contributed by atoms with Gasteiger partial charge >= 0.3 is 0 Å². The highest BCUT2D eigenvalue weighted by Crippen LogP contribution is 2.31. The molecule has 0 aliphatic rings. The van der Waals surface area contributed by atoms with Gasteiger partial charge in [0.05, 0.1) is 18.2 Å². The minimum atomic E-state index is 0.640. The van der Waals surface area contributed by atoms with Gasteiger partial charge in [-0.2, -0.15) is 0 Å². The lowest BCUT2D eigenvalue weighted by atomic mass is 10.2. The second kappa shape index (κ2) is 4.55. The van der Waals surface area contributed by atoms with Gasteiger partial charge < -0.3 is 9.72 Å². The molecule has 3 rings (SSSR count). The van der Waals surface area contributed by atoms with Crippen molar-refractivity contribution in [1.82, 2.24) is 15.0 Å². The number of pyridine rings is 1. The molecule has 0 aliphatic heterocycles. The Bertz CT molecular complexity index is 752. The number of H-pyrrole nitrogens is 1. The number of hydrogen-bond donors (Lipinski definition) is 1. The van der Waals surface area contributed by atoms with E-state index in [4.69, 9.17) is 16.3 Å². The van der Waals surface area contributed by atoms with E-state index in [9.17, 15) is 0 Å². The summed E-state index contributed by atoms with van der Waals surface area (Å²) in [6, 6.07) is 7.38. The number of benzene rings is 1. The summed E-state index contributed by atoms with van der Waals surface area (Å²) < 4.78 is 5.34. The van der Waals surface area contributed by atoms with Gasteiger partial charge in [-0.1, -0.05) is 11.6 Å². The fraction of sp³-hybridized carbons (Fsp3) is 0.143. The number of hydrogen-bond acceptors (Lipinski definition) is 3. The average molecular weight is 274 g/mol. The maximum absolute atomic E-state index is 6.04. The van der Waals surface area contributed by atoms with Crippen molar-refractivity contribution in [2.75, 3.05) is 7.11 Å². The molecule has 96 valence electrons. The predicted octanol–water partition coefficient (Wildman–Crippen LogP) is 3.60. The van der Waals surface area contributed by atoms with E-state index in [1.807, 2.05) is 25.1 Å². The smallest absolute Gasteiger partial charge is 0.178 e. The Balaban J connectivity index is 2.24. The molecule has 1 N–H and O–H groups in total. The van der Waals surface area contributed by atoms with Crippen LogP contribution in [0, 0.1) is 6.92 Å². The number of nitrogens with zero attached hydrogens (tertiary/aromatic N) is 2. The topological polar surface area (TPSA) is 50.8 Å². The molecule has 19 heavy (non-hydrogen) atoms. The Morgan fingerprint density at radius 3 is 2.84 bits per heavy atom. The molecule has 0 aliphatic carbocycles. The SMILES string of the molecule is COc1ccc(Cl)cc1-c1nc2nccc(C)c2[nH]1. The monoisotopic (exact) mass is 273 g/mol. The van der Waals surface area contributed by atoms with E-state index < -0.39 is 0 Å². The lowest BCUT2D eigenvalue weighted by molar-refractivity contribution is 0.416. The van der Waals surface area contributed by atoms with Gasteiger partial charge in [-0.3, -0.25) is 0 Å². The van der Waals surface area contributed by atoms with E-state index in [-0.39, 0.29) is 0 Å². The molecule has 2 heterocycles. The van der Waals surface area contributed by atoms with E-state index >= 15 is 0 Å². The standard InChI is InChI=1S/C14H12ClN3O/c1-8-5-6-16-14-12(8)17-13(18-14)10-7-9(15)3-4-11(10)19-2/h3-7H,1-2H3,(H,16,17,18). The van der Waals surface area contributed by atoms with Crippen LogP contribution in [-0.4, -0.2) is 22.1 Å². The minimum absolute atomic E-state index is 0.640. The maximum Gasteiger partial charge on any atom is 0.178 e. The predicted molar refractivity (Wildman–Crippen MR) is 75.6 cm³/mol. The summed E-state index contributed by atoms with van der Waals surface area (Å²) in [5.41, 5.74) is 3.55. The van der Waals surface area contributed by atoms with Gasteiger partial charge in [-0.15, -0.1) is 0 Å². The molecule has 0 bridgehead atoms. The highest BCUT2D eigenvalue weighted by molar-refractivity contribution is 6.30. The van der Waals surface area contributed by atoms with Crippen molar-refractivity contribution in [3.63, 3.8) is 0 Å². The molecule has 0 spiro atoms. The molecule has 0 unspecified atom stereocenters. The molecule has 0 radical (unpaired) electrons. The summed E-state index contributed by atoms with van der Waals surface area (Å²) in [6.45, 7) is 2.02. The Morgan fingerprint density at radius 2 is 2.11 bits per heavy atom. The Kier molecular flexibility index (Phi) is 2.87. The van der Waals surface area contributed by atoms with E-state index in [1.165, 1.54) is 0 Å². The number of fused-ring (bicyclic) bond motifs is 1. The maximum atomic E-state index is 6.04. The van der Waals surface area contributed by atoms with Crippen molar-refractivity contribution in [1.29, 1.82) is 0 Å². The van der Waals surface area contributed by atoms with Crippen LogP contribution in [0.2, 0.25) is 5.02 Å². The van der Waals surface area contributed by atoms with Crippen LogP contribution in [0.5, 0.6) is 5.75 Å². The second-order valence-electron chi connectivity index (χ2n) is 4.26. The van der Waals surface area contributed by atoms with E-state index in [0.29, 0.717) is 16.5 Å². The Labute approximate surface area is 115 Å². The van der Waals surface area contributed by atoms with Crippen LogP contribution in [0.25, 0.3) is 22.6 Å². The zero-order chi connectivity index (χ0) is 13.4. The quantitative estimate of drug-likeness (QED) is 0.776. The van der Waals surface area contributed by atoms with Crippen LogP contribution >= 0.6 is 11.6 Å². The number of halogens is 1. The first-order valence-electron chi connectivity index (χ1n) is 5.84. The summed E-state index contributed by atoms with van der Waals surface area (Å²) >= 11 is 6.04. The first-order valence-corrected chi connectivity index (χ1v) is 6.22. The van der Waals surface area contributed by atoms with E-state index in [1.54, 1.807) is 19.4 Å². The largest absolute Gasteiger partial charge is 0.496 e. The van der Waals surface area contributed by atoms with Crippen molar-refractivity contribution in [3.8, 4) is 17.1 Å². The lowest BCUT2D eigenvalue weighted by Gasteiger charge is -2.05. The number of aromatic amines is 1. The third kappa shape index (κ3) is 2.04. The van der Waals surface area contributed by atoms with Crippen molar-refractivity contribution < 1.29 is 4.74 Å². The van der Waals surface area contributed by atoms with Crippen molar-refractivity contribution in [2.24, 2.45) is 0 Å². The first kappa shape index (κ1) is 12.0. The minimum Gasteiger partial charge on any atom is -0.496 e. The molecule has 0 fully saturated rings. The summed E-state index contributed by atoms with van der Waals surface area (Å²) in [6.07, 6.45) is 1.75. The molecule has 0 amide bonds. The Hall–Kier alpha value is -2.07. The highest BCUT2D eigenvalue weighted by Gasteiger charge is 2.12. The fourth-order valence-electron chi connectivity index (χ4n) is 2.03. The average Bonchev–Trinajstić information content (AvgIpc) is 2.84.